The zero-order chi connectivity index (χ0) is 14.5. The number of hydrogen-bond donors (Lipinski definition) is 1. The summed E-state index contributed by atoms with van der Waals surface area (Å²) in [5, 5.41) is 3.07. The fourth-order valence-electron chi connectivity index (χ4n) is 1.74. The monoisotopic (exact) mass is 279 g/mol. The van der Waals surface area contributed by atoms with Crippen molar-refractivity contribution in [3.8, 4) is 0 Å². The largest absolute Gasteiger partial charge is 0.419 e. The molecular weight excluding hydrogens is 262 g/mol. The third kappa shape index (κ3) is 4.47. The van der Waals surface area contributed by atoms with E-state index in [1.165, 1.54) is 13.2 Å². The average Bonchev–Trinajstić information content (AvgIpc) is 2.34. The summed E-state index contributed by atoms with van der Waals surface area (Å²) in [4.78, 5) is 0. The minimum Gasteiger partial charge on any atom is -0.383 e. The Kier molecular flexibility index (Phi) is 5.75. The summed E-state index contributed by atoms with van der Waals surface area (Å²) in [5.74, 6) is -1.26. The molecule has 0 saturated heterocycles. The van der Waals surface area contributed by atoms with Gasteiger partial charge in [0.25, 0.3) is 0 Å². The van der Waals surface area contributed by atoms with Crippen molar-refractivity contribution < 1.29 is 22.3 Å². The highest BCUT2D eigenvalue weighted by atomic mass is 19.4. The molecule has 0 saturated carbocycles. The summed E-state index contributed by atoms with van der Waals surface area (Å²) in [5.41, 5.74) is -0.881. The highest BCUT2D eigenvalue weighted by Gasteiger charge is 2.34. The van der Waals surface area contributed by atoms with E-state index in [1.807, 2.05) is 6.92 Å². The summed E-state index contributed by atoms with van der Waals surface area (Å²) in [6, 6.07) is 2.64. The van der Waals surface area contributed by atoms with Crippen LogP contribution < -0.4 is 5.32 Å². The number of rotatable bonds is 6. The number of halogens is 4. The van der Waals surface area contributed by atoms with E-state index in [-0.39, 0.29) is 12.6 Å². The molecule has 0 aromatic heterocycles. The second kappa shape index (κ2) is 6.86. The maximum absolute atomic E-state index is 13.2. The number of hydrogen-bond acceptors (Lipinski definition) is 2. The van der Waals surface area contributed by atoms with Gasteiger partial charge in [-0.1, -0.05) is 13.0 Å². The first kappa shape index (κ1) is 15.9. The van der Waals surface area contributed by atoms with Crippen molar-refractivity contribution in [1.82, 2.24) is 5.32 Å². The SMILES string of the molecule is CCCNC(COC)c1ccc(F)c(C(F)(F)F)c1. The molecule has 0 radical (unpaired) electrons. The molecule has 2 nitrogen and oxygen atoms in total. The quantitative estimate of drug-likeness (QED) is 0.804. The zero-order valence-electron chi connectivity index (χ0n) is 10.9. The number of nitrogens with one attached hydrogen (secondary N) is 1. The van der Waals surface area contributed by atoms with Gasteiger partial charge in [0.2, 0.25) is 0 Å². The van der Waals surface area contributed by atoms with Crippen LogP contribution in [0.5, 0.6) is 0 Å². The van der Waals surface area contributed by atoms with Gasteiger partial charge in [-0.05, 0) is 30.7 Å². The highest BCUT2D eigenvalue weighted by molar-refractivity contribution is 5.29. The molecule has 0 aliphatic rings. The van der Waals surface area contributed by atoms with Crippen LogP contribution in [0.3, 0.4) is 0 Å². The molecule has 1 aromatic rings. The summed E-state index contributed by atoms with van der Waals surface area (Å²) in [6.45, 7) is 2.82. The van der Waals surface area contributed by atoms with E-state index in [9.17, 15) is 17.6 Å². The van der Waals surface area contributed by atoms with Crippen LogP contribution in [0.2, 0.25) is 0 Å². The Bertz CT molecular complexity index is 406. The fourth-order valence-corrected chi connectivity index (χ4v) is 1.74. The molecule has 0 aliphatic carbocycles. The molecular formula is C13H17F4NO. The van der Waals surface area contributed by atoms with Gasteiger partial charge in [-0.15, -0.1) is 0 Å². The van der Waals surface area contributed by atoms with Gasteiger partial charge in [0.1, 0.15) is 5.82 Å². The Labute approximate surface area is 109 Å². The number of methoxy groups -OCH3 is 1. The van der Waals surface area contributed by atoms with Gasteiger partial charge in [-0.3, -0.25) is 0 Å². The molecule has 0 fully saturated rings. The van der Waals surface area contributed by atoms with E-state index < -0.39 is 17.6 Å². The third-order valence-corrected chi connectivity index (χ3v) is 2.67. The average molecular weight is 279 g/mol. The molecule has 0 aliphatic heterocycles. The molecule has 1 N–H and O–H groups in total. The lowest BCUT2D eigenvalue weighted by atomic mass is 10.0. The predicted molar refractivity (Wildman–Crippen MR) is 64.3 cm³/mol. The molecule has 0 bridgehead atoms. The zero-order valence-corrected chi connectivity index (χ0v) is 10.9. The van der Waals surface area contributed by atoms with Crippen molar-refractivity contribution in [2.45, 2.75) is 25.6 Å². The summed E-state index contributed by atoms with van der Waals surface area (Å²) in [6.07, 6.45) is -3.85. The summed E-state index contributed by atoms with van der Waals surface area (Å²) >= 11 is 0. The molecule has 19 heavy (non-hydrogen) atoms. The first-order valence-corrected chi connectivity index (χ1v) is 5.99. The highest BCUT2D eigenvalue weighted by Crippen LogP contribution is 2.33. The van der Waals surface area contributed by atoms with E-state index in [4.69, 9.17) is 4.74 Å². The standard InChI is InChI=1S/C13H17F4NO/c1-3-6-18-12(8-19-2)9-4-5-11(14)10(7-9)13(15,16)17/h4-5,7,12,18H,3,6,8H2,1-2H3. The molecule has 6 heteroatoms. The van der Waals surface area contributed by atoms with Crippen LogP contribution in [-0.4, -0.2) is 20.3 Å². The van der Waals surface area contributed by atoms with Gasteiger partial charge in [-0.25, -0.2) is 4.39 Å². The number of benzene rings is 1. The van der Waals surface area contributed by atoms with E-state index in [2.05, 4.69) is 5.32 Å². The van der Waals surface area contributed by atoms with Crippen molar-refractivity contribution in [3.05, 3.63) is 35.1 Å². The Hall–Kier alpha value is -1.14. The van der Waals surface area contributed by atoms with Crippen molar-refractivity contribution in [3.63, 3.8) is 0 Å². The molecule has 108 valence electrons. The smallest absolute Gasteiger partial charge is 0.383 e. The van der Waals surface area contributed by atoms with Gasteiger partial charge in [0, 0.05) is 7.11 Å². The lowest BCUT2D eigenvalue weighted by Crippen LogP contribution is -2.26. The van der Waals surface area contributed by atoms with E-state index in [0.717, 1.165) is 18.6 Å². The predicted octanol–water partition coefficient (Wildman–Crippen LogP) is 3.53. The summed E-state index contributed by atoms with van der Waals surface area (Å²) < 4.78 is 56.1. The Morgan fingerprint density at radius 3 is 2.53 bits per heavy atom. The van der Waals surface area contributed by atoms with E-state index in [0.29, 0.717) is 12.1 Å². The van der Waals surface area contributed by atoms with Gasteiger partial charge < -0.3 is 10.1 Å². The van der Waals surface area contributed by atoms with Crippen LogP contribution in [0.4, 0.5) is 17.6 Å². The molecule has 0 spiro atoms. The maximum Gasteiger partial charge on any atom is 0.419 e. The van der Waals surface area contributed by atoms with Crippen LogP contribution in [0, 0.1) is 5.82 Å². The molecule has 1 rings (SSSR count). The van der Waals surface area contributed by atoms with Gasteiger partial charge in [0.05, 0.1) is 18.2 Å². The Morgan fingerprint density at radius 2 is 2.00 bits per heavy atom. The van der Waals surface area contributed by atoms with Crippen molar-refractivity contribution >= 4 is 0 Å². The normalized spacial score (nSPS) is 13.6. The van der Waals surface area contributed by atoms with E-state index >= 15 is 0 Å². The number of ether oxygens (including phenoxy) is 1. The van der Waals surface area contributed by atoms with Crippen molar-refractivity contribution in [1.29, 1.82) is 0 Å². The van der Waals surface area contributed by atoms with Crippen molar-refractivity contribution in [2.24, 2.45) is 0 Å². The second-order valence-electron chi connectivity index (χ2n) is 4.20. The first-order valence-electron chi connectivity index (χ1n) is 5.99. The molecule has 1 atom stereocenters. The fraction of sp³-hybridized carbons (Fsp3) is 0.538. The van der Waals surface area contributed by atoms with E-state index in [1.54, 1.807) is 0 Å². The van der Waals surface area contributed by atoms with Crippen LogP contribution in [-0.2, 0) is 10.9 Å². The minimum absolute atomic E-state index is 0.225. The Balaban J connectivity index is 3.03. The van der Waals surface area contributed by atoms with Gasteiger partial charge >= 0.3 is 6.18 Å². The first-order chi connectivity index (χ1) is 8.90. The van der Waals surface area contributed by atoms with Crippen LogP contribution in [0.25, 0.3) is 0 Å². The minimum atomic E-state index is -4.69. The van der Waals surface area contributed by atoms with Crippen LogP contribution >= 0.6 is 0 Å². The maximum atomic E-state index is 13.2. The molecule has 1 aromatic carbocycles. The lowest BCUT2D eigenvalue weighted by molar-refractivity contribution is -0.140. The molecule has 0 amide bonds. The van der Waals surface area contributed by atoms with Gasteiger partial charge in [0.15, 0.2) is 0 Å². The van der Waals surface area contributed by atoms with Gasteiger partial charge in [-0.2, -0.15) is 13.2 Å². The lowest BCUT2D eigenvalue weighted by Gasteiger charge is -2.19. The molecule has 0 heterocycles. The second-order valence-corrected chi connectivity index (χ2v) is 4.20. The van der Waals surface area contributed by atoms with Crippen LogP contribution in [0.15, 0.2) is 18.2 Å². The number of alkyl halides is 3. The topological polar surface area (TPSA) is 21.3 Å². The van der Waals surface area contributed by atoms with Crippen LogP contribution in [0.1, 0.15) is 30.5 Å². The molecule has 1 unspecified atom stereocenters. The third-order valence-electron chi connectivity index (χ3n) is 2.67. The van der Waals surface area contributed by atoms with Crippen molar-refractivity contribution in [2.75, 3.05) is 20.3 Å². The summed E-state index contributed by atoms with van der Waals surface area (Å²) in [7, 11) is 1.47. The Morgan fingerprint density at radius 1 is 1.32 bits per heavy atom.